The molecule has 0 aromatic heterocycles. The number of urea groups is 1. The summed E-state index contributed by atoms with van der Waals surface area (Å²) in [6.45, 7) is 5.19. The molecule has 4 heteroatoms. The lowest BCUT2D eigenvalue weighted by atomic mass is 10.0. The second kappa shape index (κ2) is 4.32. The van der Waals surface area contributed by atoms with Crippen molar-refractivity contribution < 1.29 is 4.79 Å². The summed E-state index contributed by atoms with van der Waals surface area (Å²) in [5, 5.41) is 8.54. The second-order valence-corrected chi connectivity index (χ2v) is 4.22. The van der Waals surface area contributed by atoms with E-state index in [1.807, 2.05) is 13.1 Å². The zero-order valence-electron chi connectivity index (χ0n) is 9.03. The molecule has 1 aliphatic heterocycles. The molecule has 1 heterocycles. The van der Waals surface area contributed by atoms with E-state index in [4.69, 9.17) is 5.26 Å². The van der Waals surface area contributed by atoms with Crippen molar-refractivity contribution in [2.24, 2.45) is 5.92 Å². The highest BCUT2D eigenvalue weighted by atomic mass is 16.2. The molecule has 1 saturated heterocycles. The van der Waals surface area contributed by atoms with E-state index in [1.165, 1.54) is 0 Å². The number of carbonyl (C=O) groups is 1. The molecule has 0 bridgehead atoms. The first-order valence-electron chi connectivity index (χ1n) is 4.95. The molecule has 0 aliphatic carbocycles. The maximum absolute atomic E-state index is 11.6. The predicted octanol–water partition coefficient (Wildman–Crippen LogP) is 1.29. The van der Waals surface area contributed by atoms with Gasteiger partial charge in [0.15, 0.2) is 0 Å². The van der Waals surface area contributed by atoms with Crippen molar-refractivity contribution in [1.82, 2.24) is 9.80 Å². The quantitative estimate of drug-likeness (QED) is 0.637. The van der Waals surface area contributed by atoms with Crippen LogP contribution in [0.25, 0.3) is 0 Å². The van der Waals surface area contributed by atoms with Gasteiger partial charge in [-0.2, -0.15) is 5.26 Å². The number of nitriles is 1. The monoisotopic (exact) mass is 195 g/mol. The Hall–Kier alpha value is -1.24. The Morgan fingerprint density at radius 1 is 1.64 bits per heavy atom. The van der Waals surface area contributed by atoms with Crippen molar-refractivity contribution in [2.45, 2.75) is 26.3 Å². The van der Waals surface area contributed by atoms with Crippen molar-refractivity contribution in [3.05, 3.63) is 0 Å². The van der Waals surface area contributed by atoms with Crippen LogP contribution >= 0.6 is 0 Å². The van der Waals surface area contributed by atoms with Crippen LogP contribution in [-0.4, -0.2) is 42.0 Å². The van der Waals surface area contributed by atoms with E-state index in [-0.39, 0.29) is 18.6 Å². The normalized spacial score (nSPS) is 21.9. The molecule has 4 nitrogen and oxygen atoms in total. The van der Waals surface area contributed by atoms with Crippen molar-refractivity contribution >= 4 is 6.03 Å². The molecule has 1 unspecified atom stereocenters. The van der Waals surface area contributed by atoms with E-state index >= 15 is 0 Å². The van der Waals surface area contributed by atoms with E-state index in [2.05, 4.69) is 13.8 Å². The topological polar surface area (TPSA) is 47.3 Å². The third-order valence-electron chi connectivity index (χ3n) is 2.56. The van der Waals surface area contributed by atoms with Gasteiger partial charge < -0.3 is 9.80 Å². The number of carbonyl (C=O) groups excluding carboxylic acids is 1. The van der Waals surface area contributed by atoms with Gasteiger partial charge >= 0.3 is 6.03 Å². The molecule has 0 aromatic rings. The third kappa shape index (κ3) is 2.16. The molecule has 1 fully saturated rings. The van der Waals surface area contributed by atoms with E-state index < -0.39 is 0 Å². The fourth-order valence-corrected chi connectivity index (χ4v) is 1.83. The van der Waals surface area contributed by atoms with Crippen molar-refractivity contribution in [2.75, 3.05) is 20.1 Å². The van der Waals surface area contributed by atoms with Crippen LogP contribution < -0.4 is 0 Å². The number of rotatable bonds is 3. The summed E-state index contributed by atoms with van der Waals surface area (Å²) in [7, 11) is 1.81. The minimum atomic E-state index is -0.0165. The molecule has 0 spiro atoms. The molecule has 78 valence electrons. The number of hydrogen-bond acceptors (Lipinski definition) is 2. The Morgan fingerprint density at radius 3 is 2.79 bits per heavy atom. The van der Waals surface area contributed by atoms with Crippen LogP contribution in [0, 0.1) is 17.2 Å². The van der Waals surface area contributed by atoms with Crippen molar-refractivity contribution in [3.8, 4) is 6.07 Å². The lowest BCUT2D eigenvalue weighted by Crippen LogP contribution is -2.31. The molecule has 0 N–H and O–H groups in total. The van der Waals surface area contributed by atoms with Crippen molar-refractivity contribution in [1.29, 1.82) is 5.26 Å². The molecule has 0 radical (unpaired) electrons. The Morgan fingerprint density at radius 2 is 2.29 bits per heavy atom. The van der Waals surface area contributed by atoms with Gasteiger partial charge in [0.1, 0.15) is 6.54 Å². The first-order valence-corrected chi connectivity index (χ1v) is 4.95. The summed E-state index contributed by atoms with van der Waals surface area (Å²) in [5.41, 5.74) is 0. The minimum absolute atomic E-state index is 0.0165. The summed E-state index contributed by atoms with van der Waals surface area (Å²) < 4.78 is 0. The molecular weight excluding hydrogens is 178 g/mol. The highest BCUT2D eigenvalue weighted by molar-refractivity contribution is 5.77. The maximum atomic E-state index is 11.6. The summed E-state index contributed by atoms with van der Waals surface area (Å²) in [6, 6.07) is 2.27. The maximum Gasteiger partial charge on any atom is 0.320 e. The molecule has 14 heavy (non-hydrogen) atoms. The third-order valence-corrected chi connectivity index (χ3v) is 2.56. The van der Waals surface area contributed by atoms with Crippen LogP contribution in [0.15, 0.2) is 0 Å². The average molecular weight is 195 g/mol. The molecule has 0 saturated carbocycles. The largest absolute Gasteiger partial charge is 0.323 e. The predicted molar refractivity (Wildman–Crippen MR) is 53.6 cm³/mol. The highest BCUT2D eigenvalue weighted by Gasteiger charge is 2.34. The first kappa shape index (κ1) is 10.8. The Bertz CT molecular complexity index is 257. The Kier molecular flexibility index (Phi) is 3.34. The highest BCUT2D eigenvalue weighted by Crippen LogP contribution is 2.19. The van der Waals surface area contributed by atoms with E-state index in [0.717, 1.165) is 6.42 Å². The van der Waals surface area contributed by atoms with Crippen LogP contribution in [0.2, 0.25) is 0 Å². The lowest BCUT2D eigenvalue weighted by Gasteiger charge is -2.19. The van der Waals surface area contributed by atoms with Crippen LogP contribution in [-0.2, 0) is 0 Å². The van der Waals surface area contributed by atoms with Gasteiger partial charge in [-0.3, -0.25) is 0 Å². The number of likely N-dealkylation sites (N-methyl/N-ethyl adjacent to an activating group) is 1. The standard InChI is InChI=1S/C10H17N3O/c1-8(2)6-9-7-13(5-4-11)10(14)12(9)3/h8-9H,5-7H2,1-3H3. The molecule has 0 aromatic carbocycles. The second-order valence-electron chi connectivity index (χ2n) is 4.22. The van der Waals surface area contributed by atoms with E-state index in [9.17, 15) is 4.79 Å². The summed E-state index contributed by atoms with van der Waals surface area (Å²) in [4.78, 5) is 14.9. The first-order chi connectivity index (χ1) is 6.56. The molecule has 1 atom stereocenters. The van der Waals surface area contributed by atoms with Gasteiger partial charge in [0.2, 0.25) is 0 Å². The smallest absolute Gasteiger partial charge is 0.320 e. The summed E-state index contributed by atoms with van der Waals surface area (Å²) in [6.07, 6.45) is 1.00. The number of amides is 2. The van der Waals surface area contributed by atoms with Gasteiger partial charge in [-0.1, -0.05) is 13.8 Å². The Balaban J connectivity index is 2.58. The molecular formula is C10H17N3O. The molecule has 1 rings (SSSR count). The van der Waals surface area contributed by atoms with Crippen LogP contribution in [0.3, 0.4) is 0 Å². The SMILES string of the molecule is CC(C)CC1CN(CC#N)C(=O)N1C. The van der Waals surface area contributed by atoms with Gasteiger partial charge in [0, 0.05) is 13.6 Å². The van der Waals surface area contributed by atoms with Gasteiger partial charge in [-0.25, -0.2) is 4.79 Å². The summed E-state index contributed by atoms with van der Waals surface area (Å²) >= 11 is 0. The fourth-order valence-electron chi connectivity index (χ4n) is 1.83. The molecule has 1 aliphatic rings. The van der Waals surface area contributed by atoms with Gasteiger partial charge in [0.05, 0.1) is 12.1 Å². The Labute approximate surface area is 85.1 Å². The van der Waals surface area contributed by atoms with Gasteiger partial charge in [0.25, 0.3) is 0 Å². The van der Waals surface area contributed by atoms with Crippen molar-refractivity contribution in [3.63, 3.8) is 0 Å². The zero-order chi connectivity index (χ0) is 10.7. The van der Waals surface area contributed by atoms with Gasteiger partial charge in [-0.05, 0) is 12.3 Å². The lowest BCUT2D eigenvalue weighted by molar-refractivity contribution is 0.196. The molecule has 2 amide bonds. The van der Waals surface area contributed by atoms with Gasteiger partial charge in [-0.15, -0.1) is 0 Å². The van der Waals surface area contributed by atoms with E-state index in [0.29, 0.717) is 12.5 Å². The minimum Gasteiger partial charge on any atom is -0.323 e. The van der Waals surface area contributed by atoms with Crippen LogP contribution in [0.1, 0.15) is 20.3 Å². The average Bonchev–Trinajstić information content (AvgIpc) is 2.34. The van der Waals surface area contributed by atoms with Crippen LogP contribution in [0.4, 0.5) is 4.79 Å². The number of nitrogens with zero attached hydrogens (tertiary/aromatic N) is 3. The summed E-state index contributed by atoms with van der Waals surface area (Å²) in [5.74, 6) is 0.581. The zero-order valence-corrected chi connectivity index (χ0v) is 9.03. The van der Waals surface area contributed by atoms with E-state index in [1.54, 1.807) is 9.80 Å². The van der Waals surface area contributed by atoms with Crippen LogP contribution in [0.5, 0.6) is 0 Å². The fraction of sp³-hybridized carbons (Fsp3) is 0.800. The number of hydrogen-bond donors (Lipinski definition) is 0.